The smallest absolute Gasteiger partial charge is 0.0401 e. The highest BCUT2D eigenvalue weighted by Crippen LogP contribution is 1.93. The molecule has 0 spiro atoms. The topological polar surface area (TPSA) is 24.4 Å². The molecule has 0 bridgehead atoms. The molecule has 0 unspecified atom stereocenters. The van der Waals surface area contributed by atoms with Crippen LogP contribution in [0.5, 0.6) is 0 Å². The van der Waals surface area contributed by atoms with Crippen molar-refractivity contribution in [2.45, 2.75) is 6.42 Å². The number of hydrogen-bond donors (Lipinski definition) is 1. The maximum atomic E-state index is 4.31. The van der Waals surface area contributed by atoms with Gasteiger partial charge in [0.15, 0.2) is 0 Å². The van der Waals surface area contributed by atoms with Crippen LogP contribution in [0.2, 0.25) is 0 Å². The van der Waals surface area contributed by atoms with E-state index in [0.29, 0.717) is 0 Å². The van der Waals surface area contributed by atoms with Crippen LogP contribution in [0.25, 0.3) is 0 Å². The van der Waals surface area contributed by atoms with Gasteiger partial charge in [0.1, 0.15) is 0 Å². The average molecular weight is 176 g/mol. The summed E-state index contributed by atoms with van der Waals surface area (Å²) in [5, 5.41) is 3.09. The first-order valence-corrected chi connectivity index (χ1v) is 4.63. The minimum Gasteiger partial charge on any atom is -0.320 e. The third kappa shape index (κ3) is 4.43. The van der Waals surface area contributed by atoms with Crippen LogP contribution in [-0.4, -0.2) is 26.4 Å². The molecule has 2 nitrogen and oxygen atoms in total. The van der Waals surface area contributed by atoms with Crippen LogP contribution in [0.4, 0.5) is 0 Å². The first-order chi connectivity index (χ1) is 6.43. The molecule has 70 valence electrons. The Bertz CT molecular complexity index is 242. The molecule has 0 aliphatic heterocycles. The summed E-state index contributed by atoms with van der Waals surface area (Å²) < 4.78 is 0. The van der Waals surface area contributed by atoms with E-state index >= 15 is 0 Å². The molecule has 13 heavy (non-hydrogen) atoms. The zero-order chi connectivity index (χ0) is 9.36. The maximum Gasteiger partial charge on any atom is 0.0401 e. The Kier molecular flexibility index (Phi) is 4.87. The van der Waals surface area contributed by atoms with Gasteiger partial charge in [0.25, 0.3) is 0 Å². The van der Waals surface area contributed by atoms with E-state index in [1.165, 1.54) is 5.56 Å². The van der Waals surface area contributed by atoms with Crippen LogP contribution >= 0.6 is 0 Å². The fourth-order valence-electron chi connectivity index (χ4n) is 1.06. The second-order valence-corrected chi connectivity index (χ2v) is 2.90. The van der Waals surface area contributed by atoms with Gasteiger partial charge in [-0.3, -0.25) is 4.99 Å². The quantitative estimate of drug-likeness (QED) is 0.536. The van der Waals surface area contributed by atoms with Crippen molar-refractivity contribution < 1.29 is 0 Å². The van der Waals surface area contributed by atoms with Gasteiger partial charge in [-0.15, -0.1) is 0 Å². The van der Waals surface area contributed by atoms with E-state index in [1.807, 2.05) is 31.5 Å². The maximum absolute atomic E-state index is 4.31. The summed E-state index contributed by atoms with van der Waals surface area (Å²) in [5.41, 5.74) is 1.17. The van der Waals surface area contributed by atoms with Crippen LogP contribution in [0, 0.1) is 0 Å². The van der Waals surface area contributed by atoms with E-state index in [2.05, 4.69) is 22.4 Å². The second kappa shape index (κ2) is 6.38. The Morgan fingerprint density at radius 3 is 2.77 bits per heavy atom. The number of nitrogens with one attached hydrogen (secondary N) is 1. The predicted molar refractivity (Wildman–Crippen MR) is 57.4 cm³/mol. The standard InChI is InChI=1S/C11H16N2/c1-12-8-5-9-13-10-11-6-3-2-4-7-11/h2-4,6-7,10,12H,5,8-9H2,1H3. The lowest BCUT2D eigenvalue weighted by Crippen LogP contribution is -2.08. The zero-order valence-corrected chi connectivity index (χ0v) is 8.03. The molecule has 2 heteroatoms. The highest BCUT2D eigenvalue weighted by atomic mass is 14.8. The highest BCUT2D eigenvalue weighted by Gasteiger charge is 1.83. The molecule has 0 fully saturated rings. The van der Waals surface area contributed by atoms with Gasteiger partial charge in [-0.05, 0) is 25.6 Å². The van der Waals surface area contributed by atoms with Crippen molar-refractivity contribution in [1.82, 2.24) is 5.32 Å². The van der Waals surface area contributed by atoms with Crippen molar-refractivity contribution in [3.63, 3.8) is 0 Å². The first-order valence-electron chi connectivity index (χ1n) is 4.63. The van der Waals surface area contributed by atoms with Gasteiger partial charge in [-0.2, -0.15) is 0 Å². The van der Waals surface area contributed by atoms with E-state index < -0.39 is 0 Å². The van der Waals surface area contributed by atoms with Crippen molar-refractivity contribution >= 4 is 6.21 Å². The predicted octanol–water partition coefficient (Wildman–Crippen LogP) is 1.72. The second-order valence-electron chi connectivity index (χ2n) is 2.90. The fourth-order valence-corrected chi connectivity index (χ4v) is 1.06. The van der Waals surface area contributed by atoms with Gasteiger partial charge in [0.05, 0.1) is 0 Å². The Labute approximate surface area is 79.7 Å². The lowest BCUT2D eigenvalue weighted by Gasteiger charge is -1.94. The van der Waals surface area contributed by atoms with Crippen molar-refractivity contribution in [3.8, 4) is 0 Å². The molecule has 0 aliphatic rings. The number of rotatable bonds is 5. The van der Waals surface area contributed by atoms with Crippen LogP contribution in [0.15, 0.2) is 35.3 Å². The largest absolute Gasteiger partial charge is 0.320 e. The van der Waals surface area contributed by atoms with E-state index in [4.69, 9.17) is 0 Å². The Hall–Kier alpha value is -1.15. The minimum absolute atomic E-state index is 0.899. The van der Waals surface area contributed by atoms with Gasteiger partial charge >= 0.3 is 0 Å². The average Bonchev–Trinajstić information content (AvgIpc) is 2.19. The zero-order valence-electron chi connectivity index (χ0n) is 8.03. The molecule has 1 rings (SSSR count). The van der Waals surface area contributed by atoms with Crippen molar-refractivity contribution in [1.29, 1.82) is 0 Å². The number of hydrogen-bond acceptors (Lipinski definition) is 2. The van der Waals surface area contributed by atoms with E-state index in [9.17, 15) is 0 Å². The number of aliphatic imine (C=N–C) groups is 1. The molecule has 0 amide bonds. The number of benzene rings is 1. The Morgan fingerprint density at radius 1 is 1.31 bits per heavy atom. The highest BCUT2D eigenvalue weighted by molar-refractivity contribution is 5.79. The van der Waals surface area contributed by atoms with Gasteiger partial charge in [0.2, 0.25) is 0 Å². The van der Waals surface area contributed by atoms with Gasteiger partial charge in [-0.25, -0.2) is 0 Å². The molecular formula is C11H16N2. The van der Waals surface area contributed by atoms with Gasteiger partial charge in [0, 0.05) is 12.8 Å². The summed E-state index contributed by atoms with van der Waals surface area (Å²) in [6.07, 6.45) is 3.02. The van der Waals surface area contributed by atoms with Crippen molar-refractivity contribution in [3.05, 3.63) is 35.9 Å². The molecule has 0 atom stereocenters. The Morgan fingerprint density at radius 2 is 2.08 bits per heavy atom. The molecule has 0 saturated carbocycles. The monoisotopic (exact) mass is 176 g/mol. The van der Waals surface area contributed by atoms with E-state index in [1.54, 1.807) is 0 Å². The van der Waals surface area contributed by atoms with Crippen molar-refractivity contribution in [2.24, 2.45) is 4.99 Å². The molecule has 0 aromatic heterocycles. The molecular weight excluding hydrogens is 160 g/mol. The van der Waals surface area contributed by atoms with Crippen LogP contribution in [0.1, 0.15) is 12.0 Å². The van der Waals surface area contributed by atoms with Crippen molar-refractivity contribution in [2.75, 3.05) is 20.1 Å². The lowest BCUT2D eigenvalue weighted by atomic mass is 10.2. The third-order valence-electron chi connectivity index (χ3n) is 1.75. The summed E-state index contributed by atoms with van der Waals surface area (Å²) in [6, 6.07) is 10.2. The molecule has 0 radical (unpaired) electrons. The van der Waals surface area contributed by atoms with Gasteiger partial charge < -0.3 is 5.32 Å². The molecule has 1 aromatic rings. The van der Waals surface area contributed by atoms with Crippen LogP contribution in [-0.2, 0) is 0 Å². The summed E-state index contributed by atoms with van der Waals surface area (Å²) in [4.78, 5) is 4.31. The van der Waals surface area contributed by atoms with Gasteiger partial charge in [-0.1, -0.05) is 30.3 Å². The summed E-state index contributed by atoms with van der Waals surface area (Å²) >= 11 is 0. The molecule has 1 aromatic carbocycles. The Balaban J connectivity index is 2.25. The third-order valence-corrected chi connectivity index (χ3v) is 1.75. The summed E-state index contributed by atoms with van der Waals surface area (Å²) in [6.45, 7) is 1.93. The van der Waals surface area contributed by atoms with Crippen LogP contribution < -0.4 is 5.32 Å². The molecule has 1 N–H and O–H groups in total. The summed E-state index contributed by atoms with van der Waals surface area (Å²) in [7, 11) is 1.96. The summed E-state index contributed by atoms with van der Waals surface area (Å²) in [5.74, 6) is 0. The van der Waals surface area contributed by atoms with E-state index in [-0.39, 0.29) is 0 Å². The van der Waals surface area contributed by atoms with Crippen LogP contribution in [0.3, 0.4) is 0 Å². The van der Waals surface area contributed by atoms with E-state index in [0.717, 1.165) is 19.5 Å². The SMILES string of the molecule is CNCCCN=Cc1ccccc1. The molecule has 0 aliphatic carbocycles. The normalized spacial score (nSPS) is 10.8. The fraction of sp³-hybridized carbons (Fsp3) is 0.364. The lowest BCUT2D eigenvalue weighted by molar-refractivity contribution is 0.735. The molecule has 0 heterocycles. The first kappa shape index (κ1) is 9.93. The molecule has 0 saturated heterocycles. The number of nitrogens with zero attached hydrogens (tertiary/aromatic N) is 1. The minimum atomic E-state index is 0.899.